The first-order valence-corrected chi connectivity index (χ1v) is 13.3. The van der Waals surface area contributed by atoms with Crippen LogP contribution in [0, 0.1) is 0 Å². The van der Waals surface area contributed by atoms with Gasteiger partial charge in [0.1, 0.15) is 5.60 Å². The summed E-state index contributed by atoms with van der Waals surface area (Å²) in [6, 6.07) is 20.5. The Morgan fingerprint density at radius 3 is 1.84 bits per heavy atom. The molecule has 5 nitrogen and oxygen atoms in total. The second-order valence-electron chi connectivity index (χ2n) is 10.6. The normalized spacial score (nSPS) is 19.0. The van der Waals surface area contributed by atoms with Gasteiger partial charge in [-0.2, -0.15) is 0 Å². The molecule has 1 fully saturated rings. The second-order valence-corrected chi connectivity index (χ2v) is 14.9. The molecule has 1 unspecified atom stereocenters. The molecule has 3 rings (SSSR count). The molecule has 32 heavy (non-hydrogen) atoms. The Kier molecular flexibility index (Phi) is 7.30. The van der Waals surface area contributed by atoms with Crippen molar-refractivity contribution in [3.05, 3.63) is 60.7 Å². The van der Waals surface area contributed by atoms with E-state index in [2.05, 4.69) is 45.0 Å². The maximum Gasteiger partial charge on any atom is 0.350 e. The lowest BCUT2D eigenvalue weighted by Crippen LogP contribution is -2.69. The summed E-state index contributed by atoms with van der Waals surface area (Å²) in [5.41, 5.74) is -0.636. The van der Waals surface area contributed by atoms with Crippen molar-refractivity contribution in [3.63, 3.8) is 0 Å². The van der Waals surface area contributed by atoms with E-state index in [0.717, 1.165) is 10.4 Å². The molecule has 1 heterocycles. The Morgan fingerprint density at radius 1 is 0.969 bits per heavy atom. The van der Waals surface area contributed by atoms with Crippen LogP contribution in [0.25, 0.3) is 0 Å². The standard InChI is InChI=1S/C26H37NO4Si/c1-25(2,3)30-24(29)23(27-18-17-20(28)19-27)31-32(26(4,5)6,21-13-9-7-10-14-21)22-15-11-8-12-16-22/h7-16,20,23,28H,17-19H2,1-6H3/t20?,23-/m0/s1. The fraction of sp³-hybridized carbons (Fsp3) is 0.500. The van der Waals surface area contributed by atoms with Crippen molar-refractivity contribution in [2.45, 2.75) is 70.9 Å². The third-order valence-electron chi connectivity index (χ3n) is 5.84. The maximum absolute atomic E-state index is 13.5. The van der Waals surface area contributed by atoms with Crippen LogP contribution in [0.15, 0.2) is 60.7 Å². The van der Waals surface area contributed by atoms with Gasteiger partial charge in [0.05, 0.1) is 6.10 Å². The predicted octanol–water partition coefficient (Wildman–Crippen LogP) is 3.30. The van der Waals surface area contributed by atoms with Crippen LogP contribution in [0.1, 0.15) is 48.0 Å². The summed E-state index contributed by atoms with van der Waals surface area (Å²) < 4.78 is 12.9. The highest BCUT2D eigenvalue weighted by Crippen LogP contribution is 2.38. The number of hydrogen-bond donors (Lipinski definition) is 1. The largest absolute Gasteiger partial charge is 0.457 e. The van der Waals surface area contributed by atoms with Gasteiger partial charge in [0.15, 0.2) is 0 Å². The summed E-state index contributed by atoms with van der Waals surface area (Å²) in [5.74, 6) is -0.403. The van der Waals surface area contributed by atoms with Crippen molar-refractivity contribution in [2.24, 2.45) is 0 Å². The second kappa shape index (κ2) is 9.47. The number of benzene rings is 2. The van der Waals surface area contributed by atoms with Gasteiger partial charge in [-0.3, -0.25) is 4.90 Å². The molecule has 0 amide bonds. The number of hydrogen-bond acceptors (Lipinski definition) is 5. The van der Waals surface area contributed by atoms with Crippen LogP contribution in [0.3, 0.4) is 0 Å². The van der Waals surface area contributed by atoms with Crippen molar-refractivity contribution < 1.29 is 19.1 Å². The number of carbonyl (C=O) groups excluding carboxylic acids is 1. The Labute approximate surface area is 193 Å². The van der Waals surface area contributed by atoms with Crippen LogP contribution in [0.2, 0.25) is 5.04 Å². The number of likely N-dealkylation sites (tertiary alicyclic amines) is 1. The van der Waals surface area contributed by atoms with Crippen molar-refractivity contribution in [3.8, 4) is 0 Å². The lowest BCUT2D eigenvalue weighted by molar-refractivity contribution is -0.173. The van der Waals surface area contributed by atoms with Gasteiger partial charge in [0.2, 0.25) is 6.23 Å². The molecule has 1 saturated heterocycles. The van der Waals surface area contributed by atoms with Gasteiger partial charge in [0, 0.05) is 13.1 Å². The molecule has 0 bridgehead atoms. The van der Waals surface area contributed by atoms with E-state index in [0.29, 0.717) is 19.5 Å². The van der Waals surface area contributed by atoms with Crippen LogP contribution in [0.4, 0.5) is 0 Å². The number of aliphatic hydroxyl groups is 1. The van der Waals surface area contributed by atoms with E-state index in [1.54, 1.807) is 0 Å². The lowest BCUT2D eigenvalue weighted by Gasteiger charge is -2.46. The van der Waals surface area contributed by atoms with E-state index in [1.807, 2.05) is 62.1 Å². The summed E-state index contributed by atoms with van der Waals surface area (Å²) in [7, 11) is -2.96. The smallest absolute Gasteiger partial charge is 0.350 e. The number of rotatable bonds is 6. The molecule has 2 aromatic rings. The third-order valence-corrected chi connectivity index (χ3v) is 10.8. The Morgan fingerprint density at radius 2 is 1.47 bits per heavy atom. The zero-order chi connectivity index (χ0) is 23.6. The van der Waals surface area contributed by atoms with Crippen molar-refractivity contribution in [1.29, 1.82) is 0 Å². The first kappa shape index (κ1) is 24.6. The summed E-state index contributed by atoms with van der Waals surface area (Å²) in [5, 5.41) is 12.2. The minimum atomic E-state index is -2.96. The molecule has 0 saturated carbocycles. The zero-order valence-electron chi connectivity index (χ0n) is 20.2. The van der Waals surface area contributed by atoms with E-state index in [4.69, 9.17) is 9.16 Å². The van der Waals surface area contributed by atoms with E-state index in [1.165, 1.54) is 0 Å². The minimum Gasteiger partial charge on any atom is -0.457 e. The lowest BCUT2D eigenvalue weighted by atomic mass is 10.2. The van der Waals surface area contributed by atoms with Gasteiger partial charge in [-0.05, 0) is 42.6 Å². The number of aliphatic hydroxyl groups excluding tert-OH is 1. The molecule has 1 N–H and O–H groups in total. The van der Waals surface area contributed by atoms with Crippen molar-refractivity contribution in [1.82, 2.24) is 4.90 Å². The van der Waals surface area contributed by atoms with Gasteiger partial charge < -0.3 is 14.3 Å². The van der Waals surface area contributed by atoms with E-state index < -0.39 is 32.2 Å². The van der Waals surface area contributed by atoms with E-state index in [9.17, 15) is 9.90 Å². The van der Waals surface area contributed by atoms with Gasteiger partial charge >= 0.3 is 5.97 Å². The maximum atomic E-state index is 13.5. The molecule has 6 heteroatoms. The van der Waals surface area contributed by atoms with Crippen molar-refractivity contribution in [2.75, 3.05) is 13.1 Å². The highest BCUT2D eigenvalue weighted by Gasteiger charge is 2.54. The van der Waals surface area contributed by atoms with Gasteiger partial charge in [-0.25, -0.2) is 4.79 Å². The fourth-order valence-corrected chi connectivity index (χ4v) is 9.06. The Hall–Kier alpha value is -1.99. The molecule has 0 radical (unpaired) electrons. The zero-order valence-corrected chi connectivity index (χ0v) is 21.2. The number of carbonyl (C=O) groups is 1. The summed E-state index contributed by atoms with van der Waals surface area (Å²) in [4.78, 5) is 15.4. The SMILES string of the molecule is CC(C)(C)OC(=O)[C@H](O[Si](c1ccccc1)(c1ccccc1)C(C)(C)C)N1CCC(O)C1. The summed E-state index contributed by atoms with van der Waals surface area (Å²) in [6.07, 6.45) is -0.746. The molecule has 1 aliphatic heterocycles. The van der Waals surface area contributed by atoms with E-state index in [-0.39, 0.29) is 5.04 Å². The van der Waals surface area contributed by atoms with E-state index >= 15 is 0 Å². The number of ether oxygens (including phenoxy) is 1. The van der Waals surface area contributed by atoms with Crippen LogP contribution < -0.4 is 10.4 Å². The molecule has 0 aromatic heterocycles. The molecular weight excluding hydrogens is 418 g/mol. The summed E-state index contributed by atoms with van der Waals surface area (Å²) in [6.45, 7) is 13.1. The highest BCUT2D eigenvalue weighted by atomic mass is 28.4. The molecule has 0 spiro atoms. The van der Waals surface area contributed by atoms with Gasteiger partial charge in [-0.15, -0.1) is 0 Å². The molecule has 2 aromatic carbocycles. The van der Waals surface area contributed by atoms with Crippen molar-refractivity contribution >= 4 is 24.7 Å². The number of β-amino-alcohol motifs (C(OH)–C–C–N with tert-alkyl or cyclic N) is 1. The average Bonchev–Trinajstić information content (AvgIpc) is 3.14. The number of nitrogens with zero attached hydrogens (tertiary/aromatic N) is 1. The fourth-order valence-electron chi connectivity index (χ4n) is 4.46. The highest BCUT2D eigenvalue weighted by molar-refractivity contribution is 6.99. The predicted molar refractivity (Wildman–Crippen MR) is 131 cm³/mol. The number of esters is 1. The topological polar surface area (TPSA) is 59.0 Å². The molecule has 0 aliphatic carbocycles. The minimum absolute atomic E-state index is 0.270. The van der Waals surface area contributed by atoms with Crippen LogP contribution in [0.5, 0.6) is 0 Å². The monoisotopic (exact) mass is 455 g/mol. The molecule has 1 aliphatic rings. The van der Waals surface area contributed by atoms with Gasteiger partial charge in [0.25, 0.3) is 8.32 Å². The van der Waals surface area contributed by atoms with Crippen LogP contribution >= 0.6 is 0 Å². The molecular formula is C26H37NO4Si. The quantitative estimate of drug-likeness (QED) is 0.535. The first-order chi connectivity index (χ1) is 14.9. The average molecular weight is 456 g/mol. The summed E-state index contributed by atoms with van der Waals surface area (Å²) >= 11 is 0. The Bertz CT molecular complexity index is 850. The first-order valence-electron chi connectivity index (χ1n) is 11.4. The molecule has 174 valence electrons. The van der Waals surface area contributed by atoms with Crippen LogP contribution in [-0.4, -0.2) is 55.3 Å². The third kappa shape index (κ3) is 5.31. The van der Waals surface area contributed by atoms with Gasteiger partial charge in [-0.1, -0.05) is 81.4 Å². The Balaban J connectivity index is 2.16. The molecule has 2 atom stereocenters. The van der Waals surface area contributed by atoms with Crippen LogP contribution in [-0.2, 0) is 14.0 Å².